The lowest BCUT2D eigenvalue weighted by molar-refractivity contribution is 0.0342. The van der Waals surface area contributed by atoms with Crippen molar-refractivity contribution in [2.75, 3.05) is 39.4 Å². The molecule has 3 aliphatic rings. The summed E-state index contributed by atoms with van der Waals surface area (Å²) in [6.07, 6.45) is 6.39. The van der Waals surface area contributed by atoms with Crippen molar-refractivity contribution in [3.8, 4) is 0 Å². The third-order valence-corrected chi connectivity index (χ3v) is 8.13. The molecule has 3 aromatic rings. The molecule has 0 unspecified atom stereocenters. The van der Waals surface area contributed by atoms with Gasteiger partial charge in [-0.2, -0.15) is 5.10 Å². The highest BCUT2D eigenvalue weighted by atomic mass is 16.5. The number of H-pyrrole nitrogens is 1. The number of hydrogen-bond acceptors (Lipinski definition) is 6. The number of aromatic amines is 1. The summed E-state index contributed by atoms with van der Waals surface area (Å²) < 4.78 is 7.47. The summed E-state index contributed by atoms with van der Waals surface area (Å²) in [7, 11) is 0. The van der Waals surface area contributed by atoms with E-state index in [1.165, 1.54) is 24.0 Å². The Bertz CT molecular complexity index is 1210. The van der Waals surface area contributed by atoms with Crippen LogP contribution < -0.4 is 5.56 Å². The van der Waals surface area contributed by atoms with Gasteiger partial charge >= 0.3 is 0 Å². The van der Waals surface area contributed by atoms with Gasteiger partial charge in [0.2, 0.25) is 0 Å². The monoisotopic (exact) mass is 476 g/mol. The van der Waals surface area contributed by atoms with Crippen molar-refractivity contribution < 1.29 is 4.74 Å². The van der Waals surface area contributed by atoms with Gasteiger partial charge in [0.1, 0.15) is 11.2 Å². The van der Waals surface area contributed by atoms with Gasteiger partial charge in [-0.15, -0.1) is 0 Å². The van der Waals surface area contributed by atoms with Crippen LogP contribution in [0.4, 0.5) is 0 Å². The first kappa shape index (κ1) is 22.9. The molecule has 0 radical (unpaired) electrons. The minimum absolute atomic E-state index is 0.0595. The van der Waals surface area contributed by atoms with Gasteiger partial charge in [0.05, 0.1) is 25.5 Å². The first-order chi connectivity index (χ1) is 17.1. The van der Waals surface area contributed by atoms with E-state index in [-0.39, 0.29) is 11.5 Å². The number of ether oxygens (including phenoxy) is 1. The number of morpholine rings is 1. The van der Waals surface area contributed by atoms with E-state index in [9.17, 15) is 4.79 Å². The second-order valence-corrected chi connectivity index (χ2v) is 10.7. The molecule has 2 aliphatic heterocycles. The fraction of sp³-hybridized carbons (Fsp3) is 0.593. The number of likely N-dealkylation sites (tertiary alicyclic amines) is 1. The minimum atomic E-state index is -0.0595. The van der Waals surface area contributed by atoms with Gasteiger partial charge < -0.3 is 9.72 Å². The Morgan fingerprint density at radius 2 is 1.69 bits per heavy atom. The molecular weight excluding hydrogens is 440 g/mol. The molecule has 186 valence electrons. The van der Waals surface area contributed by atoms with Crippen LogP contribution in [0.1, 0.15) is 61.5 Å². The average Bonchev–Trinajstić information content (AvgIpc) is 3.61. The lowest BCUT2D eigenvalue weighted by Crippen LogP contribution is -2.35. The Balaban J connectivity index is 1.14. The number of benzene rings is 1. The number of rotatable bonds is 6. The van der Waals surface area contributed by atoms with Crippen molar-refractivity contribution in [2.24, 2.45) is 5.92 Å². The van der Waals surface area contributed by atoms with Crippen molar-refractivity contribution in [3.05, 3.63) is 57.8 Å². The van der Waals surface area contributed by atoms with Crippen LogP contribution in [0.2, 0.25) is 0 Å². The molecule has 8 nitrogen and oxygen atoms in total. The fourth-order valence-corrected chi connectivity index (χ4v) is 6.12. The maximum atomic E-state index is 12.9. The molecule has 2 atom stereocenters. The number of nitrogens with one attached hydrogen (secondary N) is 1. The largest absolute Gasteiger partial charge is 0.379 e. The Kier molecular flexibility index (Phi) is 6.43. The van der Waals surface area contributed by atoms with Crippen LogP contribution in [0.5, 0.6) is 0 Å². The summed E-state index contributed by atoms with van der Waals surface area (Å²) >= 11 is 0. The molecule has 3 fully saturated rings. The minimum Gasteiger partial charge on any atom is -0.379 e. The second-order valence-electron chi connectivity index (χ2n) is 10.7. The van der Waals surface area contributed by atoms with Crippen LogP contribution >= 0.6 is 0 Å². The Morgan fingerprint density at radius 1 is 1.00 bits per heavy atom. The Morgan fingerprint density at radius 3 is 2.40 bits per heavy atom. The van der Waals surface area contributed by atoms with E-state index in [2.05, 4.69) is 51.1 Å². The molecule has 0 bridgehead atoms. The van der Waals surface area contributed by atoms with Gasteiger partial charge in [0.15, 0.2) is 5.65 Å². The van der Waals surface area contributed by atoms with Crippen molar-refractivity contribution in [3.63, 3.8) is 0 Å². The van der Waals surface area contributed by atoms with E-state index < -0.39 is 0 Å². The number of aromatic nitrogens is 4. The fourth-order valence-electron chi connectivity index (χ4n) is 6.12. The van der Waals surface area contributed by atoms with Gasteiger partial charge in [-0.25, -0.2) is 9.67 Å². The standard InChI is InChI=1S/C27H36N6O2/c1-19-15-32(17-21-8-6-20(7-9-21)16-31-10-12-35-13-11-31)18-24(19)25-29-26-23(27(34)30-25)14-28-33(26)22-4-2-3-5-22/h6-9,14,19,22,24H,2-5,10-13,15-18H2,1H3,(H,29,30,34)/t19-,24-/m1/s1. The molecule has 1 aliphatic carbocycles. The molecule has 1 N–H and O–H groups in total. The molecule has 1 aromatic carbocycles. The zero-order valence-electron chi connectivity index (χ0n) is 20.7. The highest BCUT2D eigenvalue weighted by Gasteiger charge is 2.33. The first-order valence-electron chi connectivity index (χ1n) is 13.2. The Labute approximate surface area is 206 Å². The highest BCUT2D eigenvalue weighted by Crippen LogP contribution is 2.33. The molecule has 0 spiro atoms. The lowest BCUT2D eigenvalue weighted by Gasteiger charge is -2.26. The number of fused-ring (bicyclic) bond motifs is 1. The molecular formula is C27H36N6O2. The van der Waals surface area contributed by atoms with E-state index in [1.54, 1.807) is 6.20 Å². The third kappa shape index (κ3) is 4.79. The Hall–Kier alpha value is -2.55. The van der Waals surface area contributed by atoms with Crippen LogP contribution in [0.25, 0.3) is 11.0 Å². The van der Waals surface area contributed by atoms with Crippen LogP contribution in [0, 0.1) is 5.92 Å². The molecule has 35 heavy (non-hydrogen) atoms. The predicted octanol–water partition coefficient (Wildman–Crippen LogP) is 3.30. The van der Waals surface area contributed by atoms with E-state index in [0.29, 0.717) is 17.3 Å². The molecule has 2 aromatic heterocycles. The van der Waals surface area contributed by atoms with Gasteiger partial charge in [0.25, 0.3) is 5.56 Å². The summed E-state index contributed by atoms with van der Waals surface area (Å²) in [4.78, 5) is 25.9. The zero-order chi connectivity index (χ0) is 23.8. The quantitative estimate of drug-likeness (QED) is 0.588. The first-order valence-corrected chi connectivity index (χ1v) is 13.2. The van der Waals surface area contributed by atoms with Crippen molar-refractivity contribution in [1.82, 2.24) is 29.5 Å². The molecule has 2 saturated heterocycles. The van der Waals surface area contributed by atoms with E-state index in [0.717, 1.165) is 76.8 Å². The maximum Gasteiger partial charge on any atom is 0.262 e. The van der Waals surface area contributed by atoms with Crippen molar-refractivity contribution >= 4 is 11.0 Å². The smallest absolute Gasteiger partial charge is 0.262 e. The molecule has 6 rings (SSSR count). The van der Waals surface area contributed by atoms with E-state index >= 15 is 0 Å². The van der Waals surface area contributed by atoms with E-state index in [1.807, 2.05) is 4.68 Å². The predicted molar refractivity (Wildman–Crippen MR) is 135 cm³/mol. The zero-order valence-corrected chi connectivity index (χ0v) is 20.7. The lowest BCUT2D eigenvalue weighted by atomic mass is 9.97. The van der Waals surface area contributed by atoms with Crippen molar-refractivity contribution in [1.29, 1.82) is 0 Å². The molecule has 4 heterocycles. The summed E-state index contributed by atoms with van der Waals surface area (Å²) in [6, 6.07) is 9.43. The summed E-state index contributed by atoms with van der Waals surface area (Å²) in [6.45, 7) is 9.79. The molecule has 8 heteroatoms. The summed E-state index contributed by atoms with van der Waals surface area (Å²) in [5, 5.41) is 5.17. The van der Waals surface area contributed by atoms with Crippen LogP contribution in [0.15, 0.2) is 35.3 Å². The summed E-state index contributed by atoms with van der Waals surface area (Å²) in [5.74, 6) is 1.47. The maximum absolute atomic E-state index is 12.9. The molecule has 1 saturated carbocycles. The van der Waals surface area contributed by atoms with Crippen molar-refractivity contribution in [2.45, 2.75) is 57.7 Å². The summed E-state index contributed by atoms with van der Waals surface area (Å²) in [5.41, 5.74) is 3.39. The molecule has 0 amide bonds. The van der Waals surface area contributed by atoms with Gasteiger partial charge in [-0.1, -0.05) is 44.0 Å². The van der Waals surface area contributed by atoms with Gasteiger partial charge in [-0.3, -0.25) is 14.6 Å². The average molecular weight is 477 g/mol. The number of hydrogen-bond donors (Lipinski definition) is 1. The number of nitrogens with zero attached hydrogens (tertiary/aromatic N) is 5. The van der Waals surface area contributed by atoms with Gasteiger partial charge in [-0.05, 0) is 29.9 Å². The van der Waals surface area contributed by atoms with E-state index in [4.69, 9.17) is 9.72 Å². The highest BCUT2D eigenvalue weighted by molar-refractivity contribution is 5.73. The second kappa shape index (κ2) is 9.84. The SMILES string of the molecule is C[C@@H]1CN(Cc2ccc(CN3CCOCC3)cc2)C[C@H]1c1nc2c(cnn2C2CCCC2)c(=O)[nH]1. The van der Waals surface area contributed by atoms with Gasteiger partial charge in [0, 0.05) is 45.2 Å². The van der Waals surface area contributed by atoms with Crippen LogP contribution in [-0.4, -0.2) is 68.9 Å². The topological polar surface area (TPSA) is 79.3 Å². The van der Waals surface area contributed by atoms with Crippen LogP contribution in [0.3, 0.4) is 0 Å². The normalized spacial score (nSPS) is 24.6. The van der Waals surface area contributed by atoms with Crippen LogP contribution in [-0.2, 0) is 17.8 Å². The third-order valence-electron chi connectivity index (χ3n) is 8.13.